The number of pyridine rings is 1. The van der Waals surface area contributed by atoms with Gasteiger partial charge in [0.25, 0.3) is 11.8 Å². The molecule has 2 aromatic rings. The third kappa shape index (κ3) is 3.45. The lowest BCUT2D eigenvalue weighted by Gasteiger charge is -2.36. The number of amides is 3. The first-order valence-electron chi connectivity index (χ1n) is 9.14. The summed E-state index contributed by atoms with van der Waals surface area (Å²) in [6.07, 6.45) is 1.60. The minimum Gasteiger partial charge on any atom is -0.368 e. The number of carbonyl (C=O) groups is 3. The lowest BCUT2D eigenvalue weighted by molar-refractivity contribution is -0.131. The van der Waals surface area contributed by atoms with Gasteiger partial charge in [0.15, 0.2) is 0 Å². The zero-order valence-electron chi connectivity index (χ0n) is 15.2. The van der Waals surface area contributed by atoms with E-state index in [1.165, 1.54) is 6.20 Å². The van der Waals surface area contributed by atoms with Crippen molar-refractivity contribution in [1.82, 2.24) is 14.8 Å². The highest BCUT2D eigenvalue weighted by molar-refractivity contribution is 6.30. The van der Waals surface area contributed by atoms with E-state index >= 15 is 0 Å². The van der Waals surface area contributed by atoms with Crippen molar-refractivity contribution in [1.29, 1.82) is 0 Å². The van der Waals surface area contributed by atoms with E-state index in [4.69, 9.17) is 11.6 Å². The van der Waals surface area contributed by atoms with Crippen LogP contribution in [0.1, 0.15) is 27.3 Å². The molecule has 0 spiro atoms. The Balaban J connectivity index is 1.31. The van der Waals surface area contributed by atoms with Crippen LogP contribution in [0, 0.1) is 0 Å². The van der Waals surface area contributed by atoms with Crippen molar-refractivity contribution in [2.75, 3.05) is 37.6 Å². The number of anilines is 1. The molecule has 0 bridgehead atoms. The molecule has 8 heteroatoms. The van der Waals surface area contributed by atoms with E-state index in [0.717, 1.165) is 10.6 Å². The molecular formula is C20H19ClN4O3. The summed E-state index contributed by atoms with van der Waals surface area (Å²) in [5, 5.41) is 0.687. The summed E-state index contributed by atoms with van der Waals surface area (Å²) in [6, 6.07) is 10.9. The van der Waals surface area contributed by atoms with Gasteiger partial charge < -0.3 is 9.80 Å². The van der Waals surface area contributed by atoms with Crippen molar-refractivity contribution >= 4 is 35.0 Å². The smallest absolute Gasteiger partial charge is 0.280 e. The van der Waals surface area contributed by atoms with Crippen molar-refractivity contribution in [2.45, 2.75) is 6.42 Å². The van der Waals surface area contributed by atoms with Gasteiger partial charge in [-0.2, -0.15) is 0 Å². The van der Waals surface area contributed by atoms with Gasteiger partial charge in [-0.3, -0.25) is 24.3 Å². The molecule has 2 aliphatic rings. The number of rotatable bonds is 4. The third-order valence-corrected chi connectivity index (χ3v) is 5.32. The molecule has 28 heavy (non-hydrogen) atoms. The summed E-state index contributed by atoms with van der Waals surface area (Å²) in [7, 11) is 0. The second-order valence-electron chi connectivity index (χ2n) is 6.76. The van der Waals surface area contributed by atoms with Gasteiger partial charge in [-0.1, -0.05) is 17.7 Å². The van der Waals surface area contributed by atoms with E-state index in [0.29, 0.717) is 36.8 Å². The lowest BCUT2D eigenvalue weighted by Crippen LogP contribution is -2.49. The Kier molecular flexibility index (Phi) is 5.00. The zero-order valence-corrected chi connectivity index (χ0v) is 15.9. The Bertz CT molecular complexity index is 906. The molecule has 0 aliphatic carbocycles. The third-order valence-electron chi connectivity index (χ3n) is 5.09. The van der Waals surface area contributed by atoms with Gasteiger partial charge in [-0.05, 0) is 30.3 Å². The summed E-state index contributed by atoms with van der Waals surface area (Å²) in [4.78, 5) is 46.3. The normalized spacial score (nSPS) is 16.5. The number of fused-ring (bicyclic) bond motifs is 1. The molecule has 0 saturated carbocycles. The topological polar surface area (TPSA) is 73.8 Å². The largest absolute Gasteiger partial charge is 0.368 e. The molecular weight excluding hydrogens is 380 g/mol. The molecule has 7 nitrogen and oxygen atoms in total. The summed E-state index contributed by atoms with van der Waals surface area (Å²) >= 11 is 6.05. The number of imide groups is 1. The van der Waals surface area contributed by atoms with Crippen molar-refractivity contribution in [3.63, 3.8) is 0 Å². The van der Waals surface area contributed by atoms with Gasteiger partial charge >= 0.3 is 0 Å². The maximum atomic E-state index is 12.6. The standard InChI is InChI=1S/C20H19ClN4O3/c21-14-3-1-4-15(13-14)23-9-11-24(12-10-23)17(26)6-8-25-19(27)16-5-2-7-22-18(16)20(25)28/h1-5,7,13H,6,8-12H2. The number of hydrogen-bond donors (Lipinski definition) is 0. The van der Waals surface area contributed by atoms with Crippen molar-refractivity contribution in [3.8, 4) is 0 Å². The van der Waals surface area contributed by atoms with Gasteiger partial charge in [0, 0.05) is 56.1 Å². The molecule has 4 rings (SSSR count). The van der Waals surface area contributed by atoms with Crippen LogP contribution in [0.25, 0.3) is 0 Å². The second kappa shape index (κ2) is 7.59. The summed E-state index contributed by atoms with van der Waals surface area (Å²) in [5.74, 6) is -0.874. The van der Waals surface area contributed by atoms with Crippen LogP contribution in [0.2, 0.25) is 5.02 Å². The van der Waals surface area contributed by atoms with Crippen LogP contribution in [0.5, 0.6) is 0 Å². The van der Waals surface area contributed by atoms with E-state index in [1.807, 2.05) is 24.3 Å². The lowest BCUT2D eigenvalue weighted by atomic mass is 10.2. The van der Waals surface area contributed by atoms with Crippen LogP contribution in [0.3, 0.4) is 0 Å². The first-order chi connectivity index (χ1) is 13.5. The maximum Gasteiger partial charge on any atom is 0.280 e. The van der Waals surface area contributed by atoms with Crippen LogP contribution < -0.4 is 4.90 Å². The van der Waals surface area contributed by atoms with Gasteiger partial charge in [0.05, 0.1) is 5.56 Å². The van der Waals surface area contributed by atoms with E-state index in [-0.39, 0.29) is 30.5 Å². The first kappa shape index (κ1) is 18.4. The van der Waals surface area contributed by atoms with E-state index in [1.54, 1.807) is 17.0 Å². The number of hydrogen-bond acceptors (Lipinski definition) is 5. The van der Waals surface area contributed by atoms with Gasteiger partial charge in [-0.15, -0.1) is 0 Å². The molecule has 144 valence electrons. The minimum atomic E-state index is -0.431. The Morgan fingerprint density at radius 3 is 2.54 bits per heavy atom. The first-order valence-corrected chi connectivity index (χ1v) is 9.52. The van der Waals surface area contributed by atoms with E-state index in [9.17, 15) is 14.4 Å². The monoisotopic (exact) mass is 398 g/mol. The van der Waals surface area contributed by atoms with Crippen LogP contribution in [0.4, 0.5) is 5.69 Å². The number of halogens is 1. The molecule has 0 unspecified atom stereocenters. The molecule has 0 N–H and O–H groups in total. The van der Waals surface area contributed by atoms with Crippen molar-refractivity contribution < 1.29 is 14.4 Å². The Labute approximate surface area is 167 Å². The molecule has 3 heterocycles. The molecule has 3 amide bonds. The molecule has 1 aromatic carbocycles. The summed E-state index contributed by atoms with van der Waals surface area (Å²) in [5.41, 5.74) is 1.50. The Hall–Kier alpha value is -2.93. The molecule has 0 atom stereocenters. The average molecular weight is 399 g/mol. The zero-order chi connectivity index (χ0) is 19.7. The van der Waals surface area contributed by atoms with E-state index < -0.39 is 5.91 Å². The molecule has 1 saturated heterocycles. The molecule has 0 radical (unpaired) electrons. The highest BCUT2D eigenvalue weighted by atomic mass is 35.5. The number of carbonyl (C=O) groups excluding carboxylic acids is 3. The van der Waals surface area contributed by atoms with Crippen molar-refractivity contribution in [3.05, 3.63) is 58.9 Å². The predicted molar refractivity (Wildman–Crippen MR) is 104 cm³/mol. The fourth-order valence-electron chi connectivity index (χ4n) is 3.57. The Morgan fingerprint density at radius 2 is 1.82 bits per heavy atom. The molecule has 1 fully saturated rings. The molecule has 1 aromatic heterocycles. The van der Waals surface area contributed by atoms with Gasteiger partial charge in [-0.25, -0.2) is 0 Å². The fourth-order valence-corrected chi connectivity index (χ4v) is 3.75. The fraction of sp³-hybridized carbons (Fsp3) is 0.300. The predicted octanol–water partition coefficient (Wildman–Crippen LogP) is 2.07. The molecule has 2 aliphatic heterocycles. The minimum absolute atomic E-state index is 0.0599. The van der Waals surface area contributed by atoms with Crippen molar-refractivity contribution in [2.24, 2.45) is 0 Å². The number of aromatic nitrogens is 1. The van der Waals surface area contributed by atoms with Crippen LogP contribution >= 0.6 is 11.6 Å². The average Bonchev–Trinajstić information content (AvgIpc) is 2.97. The quantitative estimate of drug-likeness (QED) is 0.737. The second-order valence-corrected chi connectivity index (χ2v) is 7.20. The highest BCUT2D eigenvalue weighted by Gasteiger charge is 2.36. The van der Waals surface area contributed by atoms with Gasteiger partial charge in [0.1, 0.15) is 5.69 Å². The highest BCUT2D eigenvalue weighted by Crippen LogP contribution is 2.22. The summed E-state index contributed by atoms with van der Waals surface area (Å²) in [6.45, 7) is 2.68. The SMILES string of the molecule is O=C(CCN1C(=O)c2cccnc2C1=O)N1CCN(c2cccc(Cl)c2)CC1. The van der Waals surface area contributed by atoms with Crippen LogP contribution in [-0.2, 0) is 4.79 Å². The van der Waals surface area contributed by atoms with E-state index in [2.05, 4.69) is 9.88 Å². The Morgan fingerprint density at radius 1 is 1.04 bits per heavy atom. The number of nitrogens with zero attached hydrogens (tertiary/aromatic N) is 4. The number of piperazine rings is 1. The summed E-state index contributed by atoms with van der Waals surface area (Å²) < 4.78 is 0. The van der Waals surface area contributed by atoms with Crippen LogP contribution in [0.15, 0.2) is 42.6 Å². The van der Waals surface area contributed by atoms with Gasteiger partial charge in [0.2, 0.25) is 5.91 Å². The number of benzene rings is 1. The maximum absolute atomic E-state index is 12.6. The van der Waals surface area contributed by atoms with Crippen LogP contribution in [-0.4, -0.2) is 65.2 Å².